The number of benzene rings is 2. The highest BCUT2D eigenvalue weighted by atomic mass is 16.5. The first-order valence-electron chi connectivity index (χ1n) is 13.5. The van der Waals surface area contributed by atoms with Crippen molar-refractivity contribution in [2.75, 3.05) is 44.5 Å². The minimum absolute atomic E-state index is 0.0530. The number of rotatable bonds is 11. The van der Waals surface area contributed by atoms with Crippen molar-refractivity contribution in [1.82, 2.24) is 14.9 Å². The molecule has 2 bridgehead atoms. The summed E-state index contributed by atoms with van der Waals surface area (Å²) in [4.78, 5) is 16.5. The molecule has 40 heavy (non-hydrogen) atoms. The number of pyridine rings is 2. The molecule has 0 radical (unpaired) electrons. The number of nitrogens with one attached hydrogen (secondary N) is 3. The van der Waals surface area contributed by atoms with Crippen molar-refractivity contribution < 1.29 is 14.2 Å². The second kappa shape index (κ2) is 10.4. The molecule has 0 unspecified atom stereocenters. The average molecular weight is 542 g/mol. The molecular weight excluding hydrogens is 506 g/mol. The number of methoxy groups -OCH3 is 2. The zero-order valence-corrected chi connectivity index (χ0v) is 23.1. The second-order valence-corrected chi connectivity index (χ2v) is 11.0. The molecule has 2 aromatic carbocycles. The minimum Gasteiger partial charge on any atom is -0.497 e. The Morgan fingerprint density at radius 1 is 1.00 bits per heavy atom. The van der Waals surface area contributed by atoms with Gasteiger partial charge in [-0.2, -0.15) is 0 Å². The van der Waals surface area contributed by atoms with Crippen LogP contribution in [0.1, 0.15) is 18.4 Å². The number of ether oxygens (including phenoxy) is 3. The lowest BCUT2D eigenvalue weighted by molar-refractivity contribution is 0.0599. The molecule has 9 heteroatoms. The fraction of sp³-hybridized carbons (Fsp3) is 0.355. The Labute approximate surface area is 233 Å². The van der Waals surface area contributed by atoms with Crippen LogP contribution in [-0.2, 0) is 13.6 Å². The van der Waals surface area contributed by atoms with Crippen LogP contribution in [0, 0.1) is 5.41 Å². The summed E-state index contributed by atoms with van der Waals surface area (Å²) in [6.07, 6.45) is 5.67. The monoisotopic (exact) mass is 541 g/mol. The maximum Gasteiger partial charge on any atom is 0.253 e. The molecule has 2 saturated heterocycles. The maximum absolute atomic E-state index is 11.9. The number of anilines is 2. The molecule has 3 aliphatic rings. The van der Waals surface area contributed by atoms with Crippen molar-refractivity contribution in [2.45, 2.75) is 24.9 Å². The van der Waals surface area contributed by atoms with E-state index >= 15 is 0 Å². The van der Waals surface area contributed by atoms with E-state index in [1.807, 2.05) is 30.5 Å². The molecule has 1 aliphatic carbocycles. The summed E-state index contributed by atoms with van der Waals surface area (Å²) < 4.78 is 18.4. The van der Waals surface area contributed by atoms with Crippen LogP contribution in [0.25, 0.3) is 10.8 Å². The lowest BCUT2D eigenvalue weighted by atomic mass is 9.62. The van der Waals surface area contributed by atoms with E-state index in [1.54, 1.807) is 38.1 Å². The molecule has 3 N–H and O–H groups in total. The van der Waals surface area contributed by atoms with Crippen molar-refractivity contribution in [2.24, 2.45) is 12.5 Å². The first-order chi connectivity index (χ1) is 19.4. The number of hydrogen-bond acceptors (Lipinski definition) is 8. The largest absolute Gasteiger partial charge is 0.497 e. The molecule has 7 rings (SSSR count). The number of aryl methyl sites for hydroxylation is 1. The molecule has 0 spiro atoms. The van der Waals surface area contributed by atoms with Crippen LogP contribution in [0.3, 0.4) is 0 Å². The van der Waals surface area contributed by atoms with Gasteiger partial charge in [0.1, 0.15) is 23.1 Å². The SMILES string of the molecule is COc1ccc(CNc2nccc3c(NCC45CC(COc6ccn(C)c(=O)c6)(CN4)C5)cccc23)c(OC)c1. The average Bonchev–Trinajstić information content (AvgIpc) is 3.51. The van der Waals surface area contributed by atoms with Crippen molar-refractivity contribution in [1.29, 1.82) is 0 Å². The van der Waals surface area contributed by atoms with Crippen molar-refractivity contribution in [3.05, 3.63) is 82.9 Å². The molecule has 1 saturated carbocycles. The fourth-order valence-corrected chi connectivity index (χ4v) is 6.15. The molecular formula is C31H35N5O4. The zero-order chi connectivity index (χ0) is 27.7. The van der Waals surface area contributed by atoms with Crippen LogP contribution in [0.4, 0.5) is 11.5 Å². The summed E-state index contributed by atoms with van der Waals surface area (Å²) in [7, 11) is 5.05. The molecule has 2 aliphatic heterocycles. The third-order valence-corrected chi connectivity index (χ3v) is 8.25. The highest BCUT2D eigenvalue weighted by Crippen LogP contribution is 2.54. The van der Waals surface area contributed by atoms with E-state index < -0.39 is 0 Å². The Kier molecular flexibility index (Phi) is 6.75. The van der Waals surface area contributed by atoms with Gasteiger partial charge in [0.15, 0.2) is 0 Å². The predicted molar refractivity (Wildman–Crippen MR) is 157 cm³/mol. The van der Waals surface area contributed by atoms with Gasteiger partial charge in [-0.25, -0.2) is 4.98 Å². The number of nitrogens with zero attached hydrogens (tertiary/aromatic N) is 2. The lowest BCUT2D eigenvalue weighted by Gasteiger charge is -2.46. The van der Waals surface area contributed by atoms with Gasteiger partial charge in [0.05, 0.1) is 20.8 Å². The van der Waals surface area contributed by atoms with Crippen LogP contribution in [-0.4, -0.2) is 49.0 Å². The van der Waals surface area contributed by atoms with Gasteiger partial charge in [-0.05, 0) is 43.2 Å². The van der Waals surface area contributed by atoms with Crippen LogP contribution in [0.5, 0.6) is 17.2 Å². The van der Waals surface area contributed by atoms with E-state index in [4.69, 9.17) is 14.2 Å². The first-order valence-corrected chi connectivity index (χ1v) is 13.5. The highest BCUT2D eigenvalue weighted by molar-refractivity contribution is 5.99. The van der Waals surface area contributed by atoms with Gasteiger partial charge in [0.25, 0.3) is 5.56 Å². The van der Waals surface area contributed by atoms with Gasteiger partial charge in [-0.1, -0.05) is 12.1 Å². The quantitative estimate of drug-likeness (QED) is 0.260. The Hall–Kier alpha value is -4.24. The Morgan fingerprint density at radius 2 is 1.88 bits per heavy atom. The van der Waals surface area contributed by atoms with E-state index in [0.29, 0.717) is 18.9 Å². The third kappa shape index (κ3) is 4.93. The van der Waals surface area contributed by atoms with E-state index in [2.05, 4.69) is 45.2 Å². The summed E-state index contributed by atoms with van der Waals surface area (Å²) in [6.45, 7) is 2.93. The number of hydrogen-bond donors (Lipinski definition) is 3. The minimum atomic E-state index is -0.0594. The normalized spacial score (nSPS) is 21.1. The molecule has 9 nitrogen and oxygen atoms in total. The van der Waals surface area contributed by atoms with Crippen molar-refractivity contribution in [3.63, 3.8) is 0 Å². The summed E-state index contributed by atoms with van der Waals surface area (Å²) in [5.74, 6) is 2.99. The van der Waals surface area contributed by atoms with E-state index in [0.717, 1.165) is 65.3 Å². The van der Waals surface area contributed by atoms with Gasteiger partial charge in [-0.3, -0.25) is 4.79 Å². The molecule has 0 amide bonds. The Bertz CT molecular complexity index is 1590. The Balaban J connectivity index is 1.10. The van der Waals surface area contributed by atoms with Gasteiger partial charge in [0, 0.05) is 84.2 Å². The van der Waals surface area contributed by atoms with Gasteiger partial charge >= 0.3 is 0 Å². The van der Waals surface area contributed by atoms with Crippen molar-refractivity contribution in [3.8, 4) is 17.2 Å². The smallest absolute Gasteiger partial charge is 0.253 e. The first kappa shape index (κ1) is 26.0. The summed E-state index contributed by atoms with van der Waals surface area (Å²) in [5, 5.41) is 13.1. The van der Waals surface area contributed by atoms with Crippen LogP contribution >= 0.6 is 0 Å². The molecule has 0 atom stereocenters. The topological polar surface area (TPSA) is 98.7 Å². The van der Waals surface area contributed by atoms with E-state index in [-0.39, 0.29) is 16.5 Å². The summed E-state index contributed by atoms with van der Waals surface area (Å²) in [6, 6.07) is 17.6. The molecule has 4 heterocycles. The fourth-order valence-electron chi connectivity index (χ4n) is 6.15. The third-order valence-electron chi connectivity index (χ3n) is 8.25. The highest BCUT2D eigenvalue weighted by Gasteiger charge is 2.60. The van der Waals surface area contributed by atoms with E-state index in [1.165, 1.54) is 0 Å². The van der Waals surface area contributed by atoms with E-state index in [9.17, 15) is 4.79 Å². The van der Waals surface area contributed by atoms with Gasteiger partial charge < -0.3 is 34.7 Å². The standard InChI is InChI=1S/C31H35N5O4/c1-36-12-10-23(14-28(36)37)40-20-30-16-31(17-30,35-18-30)19-34-26-6-4-5-25-24(26)9-11-32-29(25)33-15-21-7-8-22(38-2)13-27(21)39-3/h4-14,34-35H,15-20H2,1-3H3,(H,32,33). The summed E-state index contributed by atoms with van der Waals surface area (Å²) >= 11 is 0. The summed E-state index contributed by atoms with van der Waals surface area (Å²) in [5.41, 5.74) is 2.22. The Morgan fingerprint density at radius 3 is 2.67 bits per heavy atom. The predicted octanol–water partition coefficient (Wildman–Crippen LogP) is 4.18. The molecule has 2 aromatic heterocycles. The van der Waals surface area contributed by atoms with Crippen LogP contribution < -0.4 is 35.7 Å². The van der Waals surface area contributed by atoms with Gasteiger partial charge in [-0.15, -0.1) is 0 Å². The lowest BCUT2D eigenvalue weighted by Crippen LogP contribution is -2.54. The van der Waals surface area contributed by atoms with Crippen LogP contribution in [0.15, 0.2) is 71.8 Å². The number of aromatic nitrogens is 2. The zero-order valence-electron chi connectivity index (χ0n) is 23.1. The van der Waals surface area contributed by atoms with Crippen molar-refractivity contribution >= 4 is 22.3 Å². The van der Waals surface area contributed by atoms with Crippen LogP contribution in [0.2, 0.25) is 0 Å². The number of fused-ring (bicyclic) bond motifs is 2. The maximum atomic E-state index is 11.9. The molecule has 208 valence electrons. The molecule has 4 aromatic rings. The second-order valence-electron chi connectivity index (χ2n) is 11.0. The van der Waals surface area contributed by atoms with Gasteiger partial charge in [0.2, 0.25) is 0 Å². The molecule has 3 fully saturated rings.